The monoisotopic (exact) mass is 340 g/mol. The minimum atomic E-state index is 0.124. The summed E-state index contributed by atoms with van der Waals surface area (Å²) in [6.07, 6.45) is 2.49. The molecule has 1 atom stereocenters. The lowest BCUT2D eigenvalue weighted by molar-refractivity contribution is 0.120. The summed E-state index contributed by atoms with van der Waals surface area (Å²) in [6.45, 7) is 1.61. The van der Waals surface area contributed by atoms with Gasteiger partial charge in [-0.3, -0.25) is 0 Å². The van der Waals surface area contributed by atoms with Crippen molar-refractivity contribution in [1.82, 2.24) is 25.1 Å². The number of ether oxygens (including phenoxy) is 1. The highest BCUT2D eigenvalue weighted by atomic mass is 32.2. The van der Waals surface area contributed by atoms with Crippen molar-refractivity contribution in [1.29, 1.82) is 0 Å². The quantitative estimate of drug-likeness (QED) is 0.646. The van der Waals surface area contributed by atoms with Crippen LogP contribution in [-0.2, 0) is 10.5 Å². The Hall–Kier alpha value is -1.72. The first-order chi connectivity index (χ1) is 10.7. The molecule has 0 spiro atoms. The highest BCUT2D eigenvalue weighted by molar-refractivity contribution is 8.00. The van der Waals surface area contributed by atoms with Crippen molar-refractivity contribution in [3.63, 3.8) is 0 Å². The smallest absolute Gasteiger partial charge is 0.225 e. The molecule has 118 valence electrons. The summed E-state index contributed by atoms with van der Waals surface area (Å²) in [7, 11) is 0. The van der Waals surface area contributed by atoms with Crippen molar-refractivity contribution in [3.05, 3.63) is 5.82 Å². The van der Waals surface area contributed by atoms with Crippen LogP contribution in [-0.4, -0.2) is 44.4 Å². The van der Waals surface area contributed by atoms with E-state index in [0.29, 0.717) is 11.6 Å². The Morgan fingerprint density at radius 2 is 2.05 bits per heavy atom. The summed E-state index contributed by atoms with van der Waals surface area (Å²) in [5, 5.41) is 12.3. The van der Waals surface area contributed by atoms with E-state index in [4.69, 9.17) is 16.2 Å². The van der Waals surface area contributed by atoms with Gasteiger partial charge < -0.3 is 21.5 Å². The van der Waals surface area contributed by atoms with Crippen LogP contribution in [0.2, 0.25) is 0 Å². The van der Waals surface area contributed by atoms with Crippen molar-refractivity contribution < 1.29 is 4.74 Å². The molecule has 1 aliphatic heterocycles. The summed E-state index contributed by atoms with van der Waals surface area (Å²) in [4.78, 5) is 11.8. The molecule has 0 saturated carbocycles. The van der Waals surface area contributed by atoms with E-state index >= 15 is 0 Å². The van der Waals surface area contributed by atoms with Crippen LogP contribution in [0, 0.1) is 0 Å². The second kappa shape index (κ2) is 7.03. The van der Waals surface area contributed by atoms with Crippen molar-refractivity contribution in [2.75, 3.05) is 29.9 Å². The van der Waals surface area contributed by atoms with Gasteiger partial charge in [0.05, 0.1) is 11.9 Å². The molecule has 0 bridgehead atoms. The number of thioether (sulfide) groups is 1. The number of nitrogens with one attached hydrogen (secondary N) is 1. The number of nitrogens with zero attached hydrogens (tertiary/aromatic N) is 5. The molecule has 5 N–H and O–H groups in total. The number of nitrogens with two attached hydrogens (primary N) is 2. The molecule has 0 aliphatic carbocycles. The molecule has 9 nitrogen and oxygen atoms in total. The van der Waals surface area contributed by atoms with Gasteiger partial charge in [-0.15, -0.1) is 10.2 Å². The number of aromatic nitrogens is 5. The molecule has 1 unspecified atom stereocenters. The van der Waals surface area contributed by atoms with Gasteiger partial charge in [-0.05, 0) is 12.8 Å². The average molecular weight is 340 g/mol. The van der Waals surface area contributed by atoms with E-state index in [1.165, 1.54) is 23.1 Å². The van der Waals surface area contributed by atoms with Crippen LogP contribution in [0.1, 0.15) is 18.7 Å². The molecule has 0 aromatic carbocycles. The second-order valence-corrected chi connectivity index (χ2v) is 6.85. The van der Waals surface area contributed by atoms with Crippen molar-refractivity contribution in [2.24, 2.45) is 0 Å². The van der Waals surface area contributed by atoms with Crippen LogP contribution in [0.4, 0.5) is 17.0 Å². The topological polar surface area (TPSA) is 138 Å². The highest BCUT2D eigenvalue weighted by Crippen LogP contribution is 2.28. The minimum Gasteiger partial charge on any atom is -0.376 e. The Labute approximate surface area is 135 Å². The third kappa shape index (κ3) is 4.15. The fourth-order valence-electron chi connectivity index (χ4n) is 1.99. The van der Waals surface area contributed by atoms with E-state index in [1.807, 2.05) is 0 Å². The van der Waals surface area contributed by atoms with E-state index in [2.05, 4.69) is 30.5 Å². The maximum absolute atomic E-state index is 5.55. The SMILES string of the molecule is Nc1nc(N)nc(CSc2nnc(NCC3CCCO3)s2)n1. The Bertz CT molecular complexity index is 610. The zero-order valence-corrected chi connectivity index (χ0v) is 13.4. The van der Waals surface area contributed by atoms with Crippen LogP contribution in [0.5, 0.6) is 0 Å². The van der Waals surface area contributed by atoms with E-state index in [-0.39, 0.29) is 18.0 Å². The average Bonchev–Trinajstić information content (AvgIpc) is 3.13. The fourth-order valence-corrected chi connectivity index (χ4v) is 3.61. The number of nitrogen functional groups attached to an aromatic ring is 2. The number of hydrogen-bond donors (Lipinski definition) is 3. The molecule has 2 aromatic heterocycles. The predicted molar refractivity (Wildman–Crippen MR) is 85.6 cm³/mol. The molecule has 22 heavy (non-hydrogen) atoms. The maximum Gasteiger partial charge on any atom is 0.225 e. The van der Waals surface area contributed by atoms with Gasteiger partial charge in [0.25, 0.3) is 0 Å². The Kier molecular flexibility index (Phi) is 4.85. The van der Waals surface area contributed by atoms with Gasteiger partial charge in [0.1, 0.15) is 5.82 Å². The molecule has 1 aliphatic rings. The van der Waals surface area contributed by atoms with Gasteiger partial charge in [0.2, 0.25) is 17.0 Å². The number of anilines is 3. The highest BCUT2D eigenvalue weighted by Gasteiger charge is 2.16. The lowest BCUT2D eigenvalue weighted by atomic mass is 10.2. The van der Waals surface area contributed by atoms with Gasteiger partial charge in [-0.1, -0.05) is 23.1 Å². The molecular weight excluding hydrogens is 324 g/mol. The van der Waals surface area contributed by atoms with Crippen molar-refractivity contribution in [3.8, 4) is 0 Å². The third-order valence-corrected chi connectivity index (χ3v) is 4.96. The standard InChI is InChI=1S/C11H16N8OS2/c12-8-15-7(16-9(13)17-8)5-21-11-19-18-10(22-11)14-4-6-2-1-3-20-6/h6H,1-5H2,(H,14,18)(H4,12,13,15,16,17). The van der Waals surface area contributed by atoms with Crippen LogP contribution < -0.4 is 16.8 Å². The lowest BCUT2D eigenvalue weighted by Gasteiger charge is -2.08. The van der Waals surface area contributed by atoms with Crippen LogP contribution >= 0.6 is 23.1 Å². The first-order valence-electron chi connectivity index (χ1n) is 6.77. The predicted octanol–water partition coefficient (Wildman–Crippen LogP) is 0.771. The summed E-state index contributed by atoms with van der Waals surface area (Å²) in [6, 6.07) is 0. The molecule has 0 radical (unpaired) electrons. The fraction of sp³-hybridized carbons (Fsp3) is 0.545. The maximum atomic E-state index is 5.55. The first-order valence-corrected chi connectivity index (χ1v) is 8.57. The van der Waals surface area contributed by atoms with E-state index in [9.17, 15) is 0 Å². The zero-order chi connectivity index (χ0) is 15.4. The summed E-state index contributed by atoms with van der Waals surface area (Å²) >= 11 is 2.96. The Balaban J connectivity index is 1.50. The van der Waals surface area contributed by atoms with Gasteiger partial charge in [0, 0.05) is 13.2 Å². The second-order valence-electron chi connectivity index (χ2n) is 4.65. The summed E-state index contributed by atoms with van der Waals surface area (Å²) in [5.41, 5.74) is 11.1. The van der Waals surface area contributed by atoms with Gasteiger partial charge in [-0.25, -0.2) is 0 Å². The number of rotatable bonds is 6. The van der Waals surface area contributed by atoms with E-state index in [0.717, 1.165) is 35.5 Å². The lowest BCUT2D eigenvalue weighted by Crippen LogP contribution is -2.18. The minimum absolute atomic E-state index is 0.124. The first kappa shape index (κ1) is 15.2. The molecule has 11 heteroatoms. The van der Waals surface area contributed by atoms with Gasteiger partial charge >= 0.3 is 0 Å². The van der Waals surface area contributed by atoms with E-state index in [1.54, 1.807) is 0 Å². The molecular formula is C11H16N8OS2. The van der Waals surface area contributed by atoms with E-state index < -0.39 is 0 Å². The zero-order valence-electron chi connectivity index (χ0n) is 11.7. The largest absolute Gasteiger partial charge is 0.376 e. The van der Waals surface area contributed by atoms with Gasteiger partial charge in [0.15, 0.2) is 4.34 Å². The molecule has 2 aromatic rings. The molecule has 3 heterocycles. The molecule has 1 saturated heterocycles. The normalized spacial score (nSPS) is 17.7. The summed E-state index contributed by atoms with van der Waals surface area (Å²) in [5.74, 6) is 1.29. The van der Waals surface area contributed by atoms with Crippen LogP contribution in [0.25, 0.3) is 0 Å². The van der Waals surface area contributed by atoms with Gasteiger partial charge in [-0.2, -0.15) is 15.0 Å². The van der Waals surface area contributed by atoms with Crippen molar-refractivity contribution >= 4 is 40.1 Å². The molecule has 0 amide bonds. The number of hydrogen-bond acceptors (Lipinski definition) is 11. The van der Waals surface area contributed by atoms with Crippen LogP contribution in [0.3, 0.4) is 0 Å². The molecule has 3 rings (SSSR count). The Morgan fingerprint density at radius 1 is 1.23 bits per heavy atom. The van der Waals surface area contributed by atoms with Crippen LogP contribution in [0.15, 0.2) is 4.34 Å². The van der Waals surface area contributed by atoms with Crippen molar-refractivity contribution in [2.45, 2.75) is 29.0 Å². The molecule has 1 fully saturated rings. The Morgan fingerprint density at radius 3 is 2.77 bits per heavy atom. The summed E-state index contributed by atoms with van der Waals surface area (Å²) < 4.78 is 6.38. The third-order valence-electron chi connectivity index (χ3n) is 2.95.